The number of aliphatic carboxylic acids is 1. The van der Waals surface area contributed by atoms with Gasteiger partial charge in [0, 0.05) is 76.5 Å². The molecule has 0 amide bonds. The van der Waals surface area contributed by atoms with Crippen LogP contribution in [0.2, 0.25) is 0 Å². The first-order chi connectivity index (χ1) is 29.7. The predicted octanol–water partition coefficient (Wildman–Crippen LogP) is 7.08. The Morgan fingerprint density at radius 2 is 1.89 bits per heavy atom. The minimum Gasteiger partial charge on any atom is -0.487 e. The molecule has 1 N–H and O–H groups in total. The number of piperazine rings is 1. The number of halogens is 2. The fourth-order valence-electron chi connectivity index (χ4n) is 7.88. The second kappa shape index (κ2) is 19.6. The first kappa shape index (κ1) is 42.4. The molecule has 8 rings (SSSR count). The van der Waals surface area contributed by atoms with E-state index in [1.54, 1.807) is 24.4 Å². The van der Waals surface area contributed by atoms with Gasteiger partial charge in [-0.25, -0.2) is 29.1 Å². The van der Waals surface area contributed by atoms with Gasteiger partial charge in [0.15, 0.2) is 5.82 Å². The third-order valence-electron chi connectivity index (χ3n) is 11.2. The van der Waals surface area contributed by atoms with Crippen LogP contribution < -0.4 is 9.47 Å². The molecule has 3 aliphatic rings. The molecular formula is C46H47ClFN7O5S. The number of aromatic nitrogens is 4. The van der Waals surface area contributed by atoms with Gasteiger partial charge in [-0.15, -0.1) is 17.8 Å². The molecule has 316 valence electrons. The normalized spacial score (nSPS) is 20.8. The van der Waals surface area contributed by atoms with Crippen molar-refractivity contribution < 1.29 is 28.5 Å². The Bertz CT molecular complexity index is 2460. The van der Waals surface area contributed by atoms with E-state index < -0.39 is 12.1 Å². The maximum Gasteiger partial charge on any atom is 0.345 e. The highest BCUT2D eigenvalue weighted by Gasteiger charge is 2.28. The lowest BCUT2D eigenvalue weighted by molar-refractivity contribution is -0.145. The molecule has 61 heavy (non-hydrogen) atoms. The fourth-order valence-corrected chi connectivity index (χ4v) is 9.17. The van der Waals surface area contributed by atoms with Crippen molar-refractivity contribution in [2.24, 2.45) is 0 Å². The lowest BCUT2D eigenvalue weighted by Crippen LogP contribution is -2.47. The summed E-state index contributed by atoms with van der Waals surface area (Å²) in [5.41, 5.74) is 4.63. The molecule has 0 unspecified atom stereocenters. The van der Waals surface area contributed by atoms with Crippen LogP contribution in [0.4, 0.5) is 4.39 Å². The number of benzene rings is 2. The highest BCUT2D eigenvalue weighted by molar-refractivity contribution is 7.22. The average Bonchev–Trinajstić information content (AvgIpc) is 3.95. The van der Waals surface area contributed by atoms with Gasteiger partial charge >= 0.3 is 5.97 Å². The lowest BCUT2D eigenvalue weighted by atomic mass is 10.0. The summed E-state index contributed by atoms with van der Waals surface area (Å²) >= 11 is 8.21. The number of rotatable bonds is 9. The van der Waals surface area contributed by atoms with Crippen LogP contribution in [0.1, 0.15) is 47.2 Å². The number of thiophene rings is 1. The lowest BCUT2D eigenvalue weighted by Gasteiger charge is -2.34. The molecule has 0 radical (unpaired) electrons. The van der Waals surface area contributed by atoms with Crippen LogP contribution in [-0.4, -0.2) is 111 Å². The van der Waals surface area contributed by atoms with Gasteiger partial charge in [0.2, 0.25) is 12.0 Å². The molecule has 2 saturated heterocycles. The van der Waals surface area contributed by atoms with Crippen molar-refractivity contribution in [1.82, 2.24) is 34.6 Å². The summed E-state index contributed by atoms with van der Waals surface area (Å²) in [6.45, 7) is 7.34. The molecule has 0 saturated carbocycles. The first-order valence-corrected chi connectivity index (χ1v) is 21.6. The number of fused-ring (bicyclic) bond motifs is 2. The largest absolute Gasteiger partial charge is 0.487 e. The van der Waals surface area contributed by atoms with Gasteiger partial charge in [-0.2, -0.15) is 0 Å². The predicted molar refractivity (Wildman–Crippen MR) is 233 cm³/mol. The van der Waals surface area contributed by atoms with Crippen LogP contribution in [-0.2, 0) is 35.5 Å². The molecule has 2 fully saturated rings. The van der Waals surface area contributed by atoms with Crippen molar-refractivity contribution in [1.29, 1.82) is 0 Å². The van der Waals surface area contributed by atoms with Crippen LogP contribution >= 0.6 is 22.9 Å². The number of allylic oxidation sites excluding steroid dienone is 2. The SMILES string of the molecule is C#C/C(Cl)=C1\C=C/Cc2c(-c3ccc(F)cc3)sc3ncnc(c23)O[C@@H](C(=O)O)Cc2cc(ccc2OCc2ccnc([C@@H]3CCCO3)n2)CN(CCN2CCN(C)CC2)C1. The number of carboxylic acids is 1. The molecule has 6 heterocycles. The summed E-state index contributed by atoms with van der Waals surface area (Å²) in [4.78, 5) is 39.9. The highest BCUT2D eigenvalue weighted by atomic mass is 35.5. The van der Waals surface area contributed by atoms with Gasteiger partial charge in [0.25, 0.3) is 0 Å². The second-order valence-electron chi connectivity index (χ2n) is 15.5. The quantitative estimate of drug-likeness (QED) is 0.152. The maximum atomic E-state index is 14.1. The Labute approximate surface area is 363 Å². The number of terminal acetylenes is 1. The Hall–Kier alpha value is -5.27. The van der Waals surface area contributed by atoms with Crippen molar-refractivity contribution in [3.05, 3.63) is 118 Å². The van der Waals surface area contributed by atoms with Gasteiger partial charge in [-0.3, -0.25) is 9.80 Å². The van der Waals surface area contributed by atoms with Crippen molar-refractivity contribution in [2.75, 3.05) is 59.5 Å². The third kappa shape index (κ3) is 10.4. The number of hydrogen-bond acceptors (Lipinski definition) is 12. The summed E-state index contributed by atoms with van der Waals surface area (Å²) < 4.78 is 32.8. The standard InChI is InChI=1S/C46H47ClFN7O5S/c1-3-37(47)32-6-4-7-36-41-44(50-29-51-45(41)61-42(36)31-10-12-34(48)13-11-31)60-40(46(56)57)25-33-24-30(26-55(27-32)22-21-54-19-17-53(2)18-20-54)9-14-38(33)59-28-35-15-16-49-43(52-35)39-8-5-23-58-39/h1,4,6,9-16,24,29,39-40H,5,7-8,17-23,25-28H2,2H3,(H,56,57)/b6-4-,37-32-/t39-,40+/m0/s1. The summed E-state index contributed by atoms with van der Waals surface area (Å²) in [5.74, 6) is 2.39. The van der Waals surface area contributed by atoms with Gasteiger partial charge in [0.1, 0.15) is 35.4 Å². The smallest absolute Gasteiger partial charge is 0.345 e. The molecule has 0 aliphatic carbocycles. The van der Waals surface area contributed by atoms with Crippen LogP contribution in [0.15, 0.2) is 83.8 Å². The number of ether oxygens (including phenoxy) is 3. The number of carboxylic acid groups (broad SMARTS) is 1. The van der Waals surface area contributed by atoms with E-state index >= 15 is 0 Å². The topological polar surface area (TPSA) is 126 Å². The van der Waals surface area contributed by atoms with Gasteiger partial charge in [-0.05, 0) is 78.4 Å². The zero-order valence-corrected chi connectivity index (χ0v) is 35.5. The van der Waals surface area contributed by atoms with E-state index in [2.05, 4.69) is 42.6 Å². The molecular weight excluding hydrogens is 817 g/mol. The van der Waals surface area contributed by atoms with Crippen molar-refractivity contribution in [2.45, 2.75) is 51.0 Å². The molecule has 12 nitrogen and oxygen atoms in total. The van der Waals surface area contributed by atoms with E-state index in [4.69, 9.17) is 37.2 Å². The van der Waals surface area contributed by atoms with E-state index in [-0.39, 0.29) is 30.8 Å². The number of likely N-dealkylation sites (N-methyl/N-ethyl adjacent to an activating group) is 1. The van der Waals surface area contributed by atoms with E-state index in [0.717, 1.165) is 79.3 Å². The van der Waals surface area contributed by atoms with Crippen molar-refractivity contribution >= 4 is 39.1 Å². The van der Waals surface area contributed by atoms with E-state index in [0.29, 0.717) is 64.2 Å². The summed E-state index contributed by atoms with van der Waals surface area (Å²) in [6, 6.07) is 13.9. The van der Waals surface area contributed by atoms with E-state index in [1.807, 2.05) is 30.4 Å². The molecule has 2 bridgehead atoms. The summed E-state index contributed by atoms with van der Waals surface area (Å²) in [6.07, 6.45) is 13.6. The van der Waals surface area contributed by atoms with Gasteiger partial charge in [0.05, 0.1) is 16.1 Å². The molecule has 2 aromatic carbocycles. The third-order valence-corrected chi connectivity index (χ3v) is 12.8. The fraction of sp³-hybridized carbons (Fsp3) is 0.370. The molecule has 0 spiro atoms. The Morgan fingerprint density at radius 3 is 2.66 bits per heavy atom. The average molecular weight is 864 g/mol. The van der Waals surface area contributed by atoms with Crippen LogP contribution in [0.3, 0.4) is 0 Å². The van der Waals surface area contributed by atoms with Crippen LogP contribution in [0, 0.1) is 18.2 Å². The highest BCUT2D eigenvalue weighted by Crippen LogP contribution is 2.42. The maximum absolute atomic E-state index is 14.1. The number of carbonyl (C=O) groups is 1. The first-order valence-electron chi connectivity index (χ1n) is 20.5. The van der Waals surface area contributed by atoms with Gasteiger partial charge in [-0.1, -0.05) is 53.9 Å². The molecule has 3 aliphatic heterocycles. The zero-order valence-electron chi connectivity index (χ0n) is 33.9. The Balaban J connectivity index is 1.20. The van der Waals surface area contributed by atoms with Gasteiger partial charge < -0.3 is 24.2 Å². The van der Waals surface area contributed by atoms with Crippen molar-refractivity contribution in [3.8, 4) is 34.4 Å². The minimum absolute atomic E-state index is 0.0332. The second-order valence-corrected chi connectivity index (χ2v) is 16.9. The molecule has 3 aromatic heterocycles. The zero-order chi connectivity index (χ0) is 42.3. The molecule has 5 aromatic rings. The van der Waals surface area contributed by atoms with E-state index in [9.17, 15) is 14.3 Å². The summed E-state index contributed by atoms with van der Waals surface area (Å²) in [5, 5.41) is 11.6. The molecule has 2 atom stereocenters. The van der Waals surface area contributed by atoms with Crippen LogP contribution in [0.5, 0.6) is 11.6 Å². The van der Waals surface area contributed by atoms with Crippen molar-refractivity contribution in [3.63, 3.8) is 0 Å². The minimum atomic E-state index is -1.34. The molecule has 15 heteroatoms. The number of nitrogens with zero attached hydrogens (tertiary/aromatic N) is 7. The monoisotopic (exact) mass is 863 g/mol. The Kier molecular flexibility index (Phi) is 13.6. The van der Waals surface area contributed by atoms with E-state index in [1.165, 1.54) is 29.8 Å². The van der Waals surface area contributed by atoms with Crippen LogP contribution in [0.25, 0.3) is 20.7 Å². The number of hydrogen-bond donors (Lipinski definition) is 1. The Morgan fingerprint density at radius 1 is 1.07 bits per heavy atom. The summed E-state index contributed by atoms with van der Waals surface area (Å²) in [7, 11) is 2.14.